The molecule has 106 valence electrons. The summed E-state index contributed by atoms with van der Waals surface area (Å²) in [5.41, 5.74) is 0.314. The largest absolute Gasteiger partial charge is 0.315 e. The van der Waals surface area contributed by atoms with Gasteiger partial charge in [-0.15, -0.1) is 0 Å². The van der Waals surface area contributed by atoms with Gasteiger partial charge in [0, 0.05) is 11.6 Å². The summed E-state index contributed by atoms with van der Waals surface area (Å²) in [6, 6.07) is 0.654. The molecule has 0 radical (unpaired) electrons. The first-order chi connectivity index (χ1) is 8.64. The molecule has 18 heavy (non-hydrogen) atoms. The highest BCUT2D eigenvalue weighted by atomic mass is 15.2. The van der Waals surface area contributed by atoms with Gasteiger partial charge >= 0.3 is 0 Å². The molecule has 1 heterocycles. The van der Waals surface area contributed by atoms with Crippen LogP contribution < -0.4 is 5.32 Å². The van der Waals surface area contributed by atoms with E-state index in [2.05, 4.69) is 31.1 Å². The zero-order valence-electron chi connectivity index (χ0n) is 12.7. The van der Waals surface area contributed by atoms with Crippen LogP contribution in [0, 0.1) is 5.92 Å². The number of likely N-dealkylation sites (tertiary alicyclic amines) is 1. The van der Waals surface area contributed by atoms with Crippen molar-refractivity contribution in [3.05, 3.63) is 0 Å². The third kappa shape index (κ3) is 3.27. The molecule has 1 atom stereocenters. The van der Waals surface area contributed by atoms with E-state index in [4.69, 9.17) is 0 Å². The van der Waals surface area contributed by atoms with Crippen molar-refractivity contribution in [2.24, 2.45) is 5.92 Å². The smallest absolute Gasteiger partial charge is 0.0306 e. The Morgan fingerprint density at radius 3 is 2.11 bits per heavy atom. The zero-order valence-corrected chi connectivity index (χ0v) is 12.7. The molecule has 1 N–H and O–H groups in total. The highest BCUT2D eigenvalue weighted by molar-refractivity contribution is 4.95. The second-order valence-electron chi connectivity index (χ2n) is 6.93. The van der Waals surface area contributed by atoms with Gasteiger partial charge in [0.25, 0.3) is 0 Å². The van der Waals surface area contributed by atoms with Crippen LogP contribution in [0.4, 0.5) is 0 Å². The molecule has 0 aromatic heterocycles. The van der Waals surface area contributed by atoms with E-state index in [9.17, 15) is 0 Å². The molecule has 0 amide bonds. The first-order valence-corrected chi connectivity index (χ1v) is 8.07. The predicted molar refractivity (Wildman–Crippen MR) is 78.9 cm³/mol. The minimum absolute atomic E-state index is 0.314. The highest BCUT2D eigenvalue weighted by Crippen LogP contribution is 2.34. The van der Waals surface area contributed by atoms with Gasteiger partial charge in [0.1, 0.15) is 0 Å². The van der Waals surface area contributed by atoms with Gasteiger partial charge in [-0.05, 0) is 59.2 Å². The molecule has 2 nitrogen and oxygen atoms in total. The van der Waals surface area contributed by atoms with Crippen LogP contribution in [-0.4, -0.2) is 36.6 Å². The average molecular weight is 252 g/mol. The van der Waals surface area contributed by atoms with Gasteiger partial charge in [-0.1, -0.05) is 32.1 Å². The number of hydrogen-bond donors (Lipinski definition) is 1. The minimum atomic E-state index is 0.314. The topological polar surface area (TPSA) is 15.3 Å². The van der Waals surface area contributed by atoms with Crippen LogP contribution in [0.1, 0.15) is 65.2 Å². The molecule has 2 heteroatoms. The fraction of sp³-hybridized carbons (Fsp3) is 1.00. The highest BCUT2D eigenvalue weighted by Gasteiger charge is 2.36. The predicted octanol–water partition coefficient (Wildman–Crippen LogP) is 3.42. The lowest BCUT2D eigenvalue weighted by atomic mass is 9.76. The molecule has 1 aliphatic carbocycles. The standard InChI is InChI=1S/C16H32N2/c1-16(2,18-11-6-4-5-7-12-18)15(17-3)13-14-9-8-10-14/h14-15,17H,4-13H2,1-3H3. The molecule has 2 aliphatic rings. The lowest BCUT2D eigenvalue weighted by Gasteiger charge is -2.46. The van der Waals surface area contributed by atoms with E-state index in [-0.39, 0.29) is 0 Å². The Bertz CT molecular complexity index is 237. The van der Waals surface area contributed by atoms with Crippen LogP contribution in [0.25, 0.3) is 0 Å². The summed E-state index contributed by atoms with van der Waals surface area (Å²) >= 11 is 0. The third-order valence-electron chi connectivity index (χ3n) is 5.42. The molecule has 1 saturated heterocycles. The molecule has 1 saturated carbocycles. The lowest BCUT2D eigenvalue weighted by molar-refractivity contribution is 0.0686. The number of likely N-dealkylation sites (N-methyl/N-ethyl adjacent to an activating group) is 1. The maximum atomic E-state index is 3.62. The monoisotopic (exact) mass is 252 g/mol. The van der Waals surface area contributed by atoms with Crippen molar-refractivity contribution >= 4 is 0 Å². The first kappa shape index (κ1) is 14.3. The van der Waals surface area contributed by atoms with Crippen LogP contribution >= 0.6 is 0 Å². The second kappa shape index (κ2) is 6.38. The van der Waals surface area contributed by atoms with Gasteiger partial charge < -0.3 is 5.32 Å². The van der Waals surface area contributed by atoms with Gasteiger partial charge in [0.15, 0.2) is 0 Å². The molecular weight excluding hydrogens is 220 g/mol. The van der Waals surface area contributed by atoms with E-state index in [0.29, 0.717) is 11.6 Å². The van der Waals surface area contributed by atoms with E-state index in [1.54, 1.807) is 0 Å². The van der Waals surface area contributed by atoms with E-state index in [0.717, 1.165) is 5.92 Å². The van der Waals surface area contributed by atoms with Crippen LogP contribution in [-0.2, 0) is 0 Å². The molecule has 2 rings (SSSR count). The summed E-state index contributed by atoms with van der Waals surface area (Å²) < 4.78 is 0. The second-order valence-corrected chi connectivity index (χ2v) is 6.93. The average Bonchev–Trinajstić information content (AvgIpc) is 2.56. The van der Waals surface area contributed by atoms with Crippen molar-refractivity contribution in [3.63, 3.8) is 0 Å². The maximum absolute atomic E-state index is 3.62. The van der Waals surface area contributed by atoms with Crippen LogP contribution in [0.3, 0.4) is 0 Å². The number of nitrogens with zero attached hydrogens (tertiary/aromatic N) is 1. The molecule has 2 fully saturated rings. The molecule has 0 aromatic carbocycles. The quantitative estimate of drug-likeness (QED) is 0.806. The minimum Gasteiger partial charge on any atom is -0.315 e. The van der Waals surface area contributed by atoms with Crippen LogP contribution in [0.5, 0.6) is 0 Å². The third-order valence-corrected chi connectivity index (χ3v) is 5.42. The maximum Gasteiger partial charge on any atom is 0.0306 e. The molecular formula is C16H32N2. The summed E-state index contributed by atoms with van der Waals surface area (Å²) in [6.07, 6.45) is 11.4. The zero-order chi connectivity index (χ0) is 13.0. The normalized spacial score (nSPS) is 25.5. The van der Waals surface area contributed by atoms with Gasteiger partial charge in [-0.25, -0.2) is 0 Å². The lowest BCUT2D eigenvalue weighted by Crippen LogP contribution is -2.58. The van der Waals surface area contributed by atoms with E-state index < -0.39 is 0 Å². The molecule has 0 bridgehead atoms. The molecule has 1 aliphatic heterocycles. The van der Waals surface area contributed by atoms with Crippen molar-refractivity contribution in [1.82, 2.24) is 10.2 Å². The van der Waals surface area contributed by atoms with Gasteiger partial charge in [0.05, 0.1) is 0 Å². The Labute approximate surface area is 114 Å². The van der Waals surface area contributed by atoms with Crippen molar-refractivity contribution in [2.75, 3.05) is 20.1 Å². The molecule has 1 unspecified atom stereocenters. The Morgan fingerprint density at radius 2 is 1.67 bits per heavy atom. The van der Waals surface area contributed by atoms with Crippen molar-refractivity contribution in [1.29, 1.82) is 0 Å². The van der Waals surface area contributed by atoms with E-state index in [1.165, 1.54) is 64.5 Å². The fourth-order valence-electron chi connectivity index (χ4n) is 3.69. The SMILES string of the molecule is CNC(CC1CCC1)C(C)(C)N1CCCCCC1. The Balaban J connectivity index is 1.95. The summed E-state index contributed by atoms with van der Waals surface area (Å²) in [5.74, 6) is 0.994. The Morgan fingerprint density at radius 1 is 1.06 bits per heavy atom. The molecule has 0 aromatic rings. The van der Waals surface area contributed by atoms with Gasteiger partial charge in [-0.2, -0.15) is 0 Å². The van der Waals surface area contributed by atoms with Gasteiger partial charge in [-0.3, -0.25) is 4.90 Å². The number of rotatable bonds is 5. The van der Waals surface area contributed by atoms with E-state index >= 15 is 0 Å². The Hall–Kier alpha value is -0.0800. The fourth-order valence-corrected chi connectivity index (χ4v) is 3.69. The Kier molecular flexibility index (Phi) is 5.08. The first-order valence-electron chi connectivity index (χ1n) is 8.07. The summed E-state index contributed by atoms with van der Waals surface area (Å²) in [6.45, 7) is 7.52. The van der Waals surface area contributed by atoms with Crippen molar-refractivity contribution in [2.45, 2.75) is 76.8 Å². The summed E-state index contributed by atoms with van der Waals surface area (Å²) in [5, 5.41) is 3.62. The van der Waals surface area contributed by atoms with Crippen LogP contribution in [0.2, 0.25) is 0 Å². The van der Waals surface area contributed by atoms with Gasteiger partial charge in [0.2, 0.25) is 0 Å². The number of hydrogen-bond acceptors (Lipinski definition) is 2. The summed E-state index contributed by atoms with van der Waals surface area (Å²) in [7, 11) is 2.16. The van der Waals surface area contributed by atoms with Crippen molar-refractivity contribution in [3.8, 4) is 0 Å². The molecule has 0 spiro atoms. The summed E-state index contributed by atoms with van der Waals surface area (Å²) in [4.78, 5) is 2.75. The van der Waals surface area contributed by atoms with Crippen molar-refractivity contribution < 1.29 is 0 Å². The van der Waals surface area contributed by atoms with E-state index in [1.807, 2.05) is 0 Å². The van der Waals surface area contributed by atoms with Crippen LogP contribution in [0.15, 0.2) is 0 Å². The number of nitrogens with one attached hydrogen (secondary N) is 1.